The van der Waals surface area contributed by atoms with Crippen LogP contribution in [0.25, 0.3) is 11.0 Å². The summed E-state index contributed by atoms with van der Waals surface area (Å²) in [6.45, 7) is 13.5. The number of aromatic nitrogens is 3. The number of carbonyl (C=O) groups excluding carboxylic acids is 1. The molecule has 2 aromatic heterocycles. The lowest BCUT2D eigenvalue weighted by molar-refractivity contribution is 0.0955. The molecule has 0 bridgehead atoms. The lowest BCUT2D eigenvalue weighted by Crippen LogP contribution is -2.27. The smallest absolute Gasteiger partial charge is 0.252 e. The van der Waals surface area contributed by atoms with Crippen molar-refractivity contribution >= 4 is 41.8 Å². The van der Waals surface area contributed by atoms with Crippen LogP contribution in [0.2, 0.25) is 0 Å². The number of fused-ring (bicyclic) bond motifs is 1. The van der Waals surface area contributed by atoms with E-state index in [1.54, 1.807) is 0 Å². The highest BCUT2D eigenvalue weighted by Gasteiger charge is 2.25. The normalized spacial score (nSPS) is 11.2. The zero-order chi connectivity index (χ0) is 18.1. The van der Waals surface area contributed by atoms with Crippen molar-refractivity contribution in [3.63, 3.8) is 0 Å². The molecular weight excluding hydrogens is 373 g/mol. The number of aryl methyl sites for hydroxylation is 1. The Labute approximate surface area is 168 Å². The molecule has 0 fully saturated rings. The number of nitrogens with zero attached hydrogens (tertiary/aromatic N) is 3. The summed E-state index contributed by atoms with van der Waals surface area (Å²) < 4.78 is 1.92. The fraction of sp³-hybridized carbons (Fsp3) is 0.611. The average Bonchev–Trinajstić information content (AvgIpc) is 2.84. The fourth-order valence-electron chi connectivity index (χ4n) is 2.65. The van der Waals surface area contributed by atoms with E-state index in [1.165, 1.54) is 0 Å². The van der Waals surface area contributed by atoms with Crippen molar-refractivity contribution in [1.29, 1.82) is 0 Å². The van der Waals surface area contributed by atoms with Gasteiger partial charge in [0.15, 0.2) is 5.65 Å². The highest BCUT2D eigenvalue weighted by Crippen LogP contribution is 2.28. The number of halogens is 2. The van der Waals surface area contributed by atoms with E-state index in [1.807, 2.05) is 17.7 Å². The van der Waals surface area contributed by atoms with Crippen molar-refractivity contribution in [1.82, 2.24) is 20.1 Å². The van der Waals surface area contributed by atoms with Crippen LogP contribution < -0.4 is 11.1 Å². The molecule has 2 aromatic rings. The maximum Gasteiger partial charge on any atom is 0.252 e. The van der Waals surface area contributed by atoms with Gasteiger partial charge in [0.2, 0.25) is 0 Å². The zero-order valence-electron chi connectivity index (χ0n) is 16.4. The number of carbonyl (C=O) groups is 1. The van der Waals surface area contributed by atoms with Crippen molar-refractivity contribution in [2.75, 3.05) is 13.1 Å². The van der Waals surface area contributed by atoms with Crippen LogP contribution in [0.4, 0.5) is 0 Å². The summed E-state index contributed by atoms with van der Waals surface area (Å²) in [6, 6.07) is 1.90. The Bertz CT molecular complexity index is 750. The molecule has 0 radical (unpaired) electrons. The van der Waals surface area contributed by atoms with Gasteiger partial charge >= 0.3 is 0 Å². The van der Waals surface area contributed by atoms with E-state index in [9.17, 15) is 4.79 Å². The molecule has 2 heterocycles. The quantitative estimate of drug-likeness (QED) is 0.747. The van der Waals surface area contributed by atoms with Crippen LogP contribution in [0.5, 0.6) is 0 Å². The summed E-state index contributed by atoms with van der Waals surface area (Å²) >= 11 is 0. The summed E-state index contributed by atoms with van der Waals surface area (Å²) in [4.78, 5) is 17.5. The molecule has 0 saturated carbocycles. The van der Waals surface area contributed by atoms with Crippen molar-refractivity contribution in [2.45, 2.75) is 59.4 Å². The predicted molar refractivity (Wildman–Crippen MR) is 112 cm³/mol. The third kappa shape index (κ3) is 5.09. The molecule has 148 valence electrons. The van der Waals surface area contributed by atoms with Gasteiger partial charge in [-0.25, -0.2) is 9.67 Å². The van der Waals surface area contributed by atoms with Crippen LogP contribution in [-0.4, -0.2) is 33.8 Å². The Morgan fingerprint density at radius 1 is 1.31 bits per heavy atom. The summed E-state index contributed by atoms with van der Waals surface area (Å²) in [5.74, 6) is 0.142. The fourth-order valence-corrected chi connectivity index (χ4v) is 2.65. The van der Waals surface area contributed by atoms with Gasteiger partial charge in [0, 0.05) is 12.2 Å². The number of nitrogens with one attached hydrogen (secondary N) is 1. The summed E-state index contributed by atoms with van der Waals surface area (Å²) in [5.41, 5.74) is 8.45. The van der Waals surface area contributed by atoms with Gasteiger partial charge in [-0.05, 0) is 52.6 Å². The van der Waals surface area contributed by atoms with Crippen LogP contribution in [0, 0.1) is 6.92 Å². The van der Waals surface area contributed by atoms with E-state index < -0.39 is 0 Å². The monoisotopic (exact) mass is 403 g/mol. The highest BCUT2D eigenvalue weighted by atomic mass is 35.5. The van der Waals surface area contributed by atoms with Gasteiger partial charge < -0.3 is 11.1 Å². The second kappa shape index (κ2) is 9.53. The Hall–Kier alpha value is -1.37. The van der Waals surface area contributed by atoms with E-state index in [4.69, 9.17) is 10.7 Å². The summed E-state index contributed by atoms with van der Waals surface area (Å²) in [6.07, 6.45) is 0.761. The number of hydrogen-bond acceptors (Lipinski definition) is 4. The predicted octanol–water partition coefficient (Wildman–Crippen LogP) is 3.54. The average molecular weight is 404 g/mol. The molecular formula is C18H31Cl2N5O. The molecule has 8 heteroatoms. The number of hydrogen-bond donors (Lipinski definition) is 2. The standard InChI is InChI=1S/C18H29N5O.2ClH/c1-11(2)14-10-13(17(24)20-9-7-8-19)15-12(3)22-23(16(15)21-14)18(4,5)6;;/h10-11H,7-9,19H2,1-6H3,(H,20,24);2*1H. The topological polar surface area (TPSA) is 85.8 Å². The van der Waals surface area contributed by atoms with Gasteiger partial charge in [-0.3, -0.25) is 4.79 Å². The maximum absolute atomic E-state index is 12.7. The lowest BCUT2D eigenvalue weighted by Gasteiger charge is -2.20. The highest BCUT2D eigenvalue weighted by molar-refractivity contribution is 6.06. The Balaban J connectivity index is 0.00000312. The molecule has 0 saturated heterocycles. The minimum Gasteiger partial charge on any atom is -0.352 e. The first-order valence-corrected chi connectivity index (χ1v) is 8.55. The molecule has 0 aliphatic carbocycles. The van der Waals surface area contributed by atoms with Crippen molar-refractivity contribution in [3.8, 4) is 0 Å². The molecule has 1 amide bonds. The number of rotatable bonds is 5. The lowest BCUT2D eigenvalue weighted by atomic mass is 10.0. The minimum absolute atomic E-state index is 0. The largest absolute Gasteiger partial charge is 0.352 e. The Kier molecular flexibility index (Phi) is 9.03. The van der Waals surface area contributed by atoms with E-state index >= 15 is 0 Å². The second-order valence-electron chi connectivity index (χ2n) is 7.51. The molecule has 2 rings (SSSR count). The van der Waals surface area contributed by atoms with Crippen LogP contribution in [0.3, 0.4) is 0 Å². The van der Waals surface area contributed by atoms with E-state index in [2.05, 4.69) is 45.0 Å². The number of amides is 1. The first-order chi connectivity index (χ1) is 11.2. The molecule has 26 heavy (non-hydrogen) atoms. The zero-order valence-corrected chi connectivity index (χ0v) is 18.1. The SMILES string of the molecule is Cc1nn(C(C)(C)C)c2nc(C(C)C)cc(C(=O)NCCCN)c12.Cl.Cl. The summed E-state index contributed by atoms with van der Waals surface area (Å²) in [7, 11) is 0. The van der Waals surface area contributed by atoms with Crippen molar-refractivity contribution < 1.29 is 4.79 Å². The van der Waals surface area contributed by atoms with E-state index in [-0.39, 0.29) is 42.2 Å². The van der Waals surface area contributed by atoms with Crippen LogP contribution in [-0.2, 0) is 5.54 Å². The molecule has 0 aliphatic heterocycles. The van der Waals surface area contributed by atoms with E-state index in [0.717, 1.165) is 28.8 Å². The van der Waals surface area contributed by atoms with E-state index in [0.29, 0.717) is 18.7 Å². The van der Waals surface area contributed by atoms with Crippen LogP contribution in [0.15, 0.2) is 6.07 Å². The third-order valence-corrected chi connectivity index (χ3v) is 3.97. The molecule has 3 N–H and O–H groups in total. The number of pyridine rings is 1. The maximum atomic E-state index is 12.7. The van der Waals surface area contributed by atoms with Gasteiger partial charge in [0.25, 0.3) is 5.91 Å². The molecule has 0 unspecified atom stereocenters. The first kappa shape index (κ1) is 24.6. The first-order valence-electron chi connectivity index (χ1n) is 8.55. The molecule has 0 aromatic carbocycles. The van der Waals surface area contributed by atoms with Gasteiger partial charge in [-0.15, -0.1) is 24.8 Å². The molecule has 0 atom stereocenters. The second-order valence-corrected chi connectivity index (χ2v) is 7.51. The minimum atomic E-state index is -0.206. The van der Waals surface area contributed by atoms with Crippen molar-refractivity contribution in [2.24, 2.45) is 5.73 Å². The van der Waals surface area contributed by atoms with Crippen LogP contribution in [0.1, 0.15) is 68.7 Å². The third-order valence-electron chi connectivity index (χ3n) is 3.97. The molecule has 0 spiro atoms. The van der Waals surface area contributed by atoms with Gasteiger partial charge in [-0.2, -0.15) is 5.10 Å². The van der Waals surface area contributed by atoms with Crippen molar-refractivity contribution in [3.05, 3.63) is 23.0 Å². The van der Waals surface area contributed by atoms with Crippen LogP contribution >= 0.6 is 24.8 Å². The Morgan fingerprint density at radius 2 is 1.92 bits per heavy atom. The molecule has 0 aliphatic rings. The molecule has 6 nitrogen and oxygen atoms in total. The van der Waals surface area contributed by atoms with Gasteiger partial charge in [-0.1, -0.05) is 13.8 Å². The Morgan fingerprint density at radius 3 is 2.42 bits per heavy atom. The van der Waals surface area contributed by atoms with Gasteiger partial charge in [0.1, 0.15) is 0 Å². The number of nitrogens with two attached hydrogens (primary N) is 1. The summed E-state index contributed by atoms with van der Waals surface area (Å²) in [5, 5.41) is 8.44. The van der Waals surface area contributed by atoms with Gasteiger partial charge in [0.05, 0.1) is 22.2 Å².